The lowest BCUT2D eigenvalue weighted by Crippen LogP contribution is -2.19. The molecule has 0 amide bonds. The summed E-state index contributed by atoms with van der Waals surface area (Å²) in [7, 11) is 0. The standard InChI is InChI=1S/C14H24/c1-7-9-10-12(3)13(4)14(5,6)11-8-2/h7-8,10-11,13H,1,9H2,2-6H3/b11-8+,12-10+. The van der Waals surface area contributed by atoms with Crippen molar-refractivity contribution in [3.05, 3.63) is 36.5 Å². The molecule has 0 heteroatoms. The summed E-state index contributed by atoms with van der Waals surface area (Å²) >= 11 is 0. The summed E-state index contributed by atoms with van der Waals surface area (Å²) in [5.41, 5.74) is 1.70. The molecule has 0 aromatic carbocycles. The van der Waals surface area contributed by atoms with E-state index in [2.05, 4.69) is 59.4 Å². The molecule has 0 N–H and O–H groups in total. The first-order valence-corrected chi connectivity index (χ1v) is 5.37. The Bertz CT molecular complexity index is 228. The molecule has 0 aromatic rings. The van der Waals surface area contributed by atoms with Crippen LogP contribution in [0.25, 0.3) is 0 Å². The molecule has 0 saturated heterocycles. The third kappa shape index (κ3) is 3.95. The van der Waals surface area contributed by atoms with E-state index in [0.29, 0.717) is 5.92 Å². The Labute approximate surface area is 89.4 Å². The zero-order valence-corrected chi connectivity index (χ0v) is 10.3. The molecule has 0 nitrogen and oxygen atoms in total. The van der Waals surface area contributed by atoms with Gasteiger partial charge in [-0.3, -0.25) is 0 Å². The van der Waals surface area contributed by atoms with Crippen molar-refractivity contribution < 1.29 is 0 Å². The Morgan fingerprint density at radius 1 is 1.43 bits per heavy atom. The van der Waals surface area contributed by atoms with E-state index >= 15 is 0 Å². The molecule has 0 aliphatic heterocycles. The second kappa shape index (κ2) is 5.85. The first-order chi connectivity index (χ1) is 6.45. The Hall–Kier alpha value is -0.780. The first kappa shape index (κ1) is 13.2. The van der Waals surface area contributed by atoms with Crippen molar-refractivity contribution in [2.75, 3.05) is 0 Å². The Balaban J connectivity index is 4.58. The van der Waals surface area contributed by atoms with E-state index in [-0.39, 0.29) is 5.41 Å². The molecule has 0 radical (unpaired) electrons. The highest BCUT2D eigenvalue weighted by Crippen LogP contribution is 2.33. The Morgan fingerprint density at radius 2 is 2.00 bits per heavy atom. The minimum Gasteiger partial charge on any atom is -0.103 e. The van der Waals surface area contributed by atoms with Gasteiger partial charge in [-0.2, -0.15) is 0 Å². The third-order valence-corrected chi connectivity index (χ3v) is 3.00. The predicted molar refractivity (Wildman–Crippen MR) is 66.3 cm³/mol. The van der Waals surface area contributed by atoms with Gasteiger partial charge in [0.25, 0.3) is 0 Å². The summed E-state index contributed by atoms with van der Waals surface area (Å²) in [6.07, 6.45) is 9.60. The number of hydrogen-bond acceptors (Lipinski definition) is 0. The molecule has 0 bridgehead atoms. The fourth-order valence-corrected chi connectivity index (χ4v) is 1.61. The predicted octanol–water partition coefficient (Wildman–Crippen LogP) is 4.75. The minimum absolute atomic E-state index is 0.247. The third-order valence-electron chi connectivity index (χ3n) is 3.00. The zero-order chi connectivity index (χ0) is 11.2. The van der Waals surface area contributed by atoms with Gasteiger partial charge in [-0.05, 0) is 31.6 Å². The van der Waals surface area contributed by atoms with Crippen LogP contribution in [0.4, 0.5) is 0 Å². The van der Waals surface area contributed by atoms with Crippen molar-refractivity contribution in [1.82, 2.24) is 0 Å². The lowest BCUT2D eigenvalue weighted by Gasteiger charge is -2.29. The Kier molecular flexibility index (Phi) is 5.52. The molecular weight excluding hydrogens is 168 g/mol. The van der Waals surface area contributed by atoms with Gasteiger partial charge in [-0.25, -0.2) is 0 Å². The second-order valence-electron chi connectivity index (χ2n) is 4.52. The van der Waals surface area contributed by atoms with Gasteiger partial charge in [0.15, 0.2) is 0 Å². The number of rotatable bonds is 5. The molecule has 0 fully saturated rings. The SMILES string of the molecule is C=CC/C=C(\C)C(C)C(C)(C)/C=C/C. The van der Waals surface area contributed by atoms with Gasteiger partial charge in [-0.1, -0.05) is 50.6 Å². The molecule has 0 aliphatic carbocycles. The molecule has 0 rings (SSSR count). The van der Waals surface area contributed by atoms with Crippen LogP contribution in [0.1, 0.15) is 41.0 Å². The molecule has 1 unspecified atom stereocenters. The molecule has 0 saturated carbocycles. The van der Waals surface area contributed by atoms with E-state index in [1.165, 1.54) is 5.57 Å². The van der Waals surface area contributed by atoms with Crippen molar-refractivity contribution in [1.29, 1.82) is 0 Å². The maximum absolute atomic E-state index is 3.73. The quantitative estimate of drug-likeness (QED) is 0.551. The van der Waals surface area contributed by atoms with E-state index < -0.39 is 0 Å². The van der Waals surface area contributed by atoms with E-state index in [1.807, 2.05) is 6.08 Å². The van der Waals surface area contributed by atoms with Crippen molar-refractivity contribution >= 4 is 0 Å². The molecule has 0 spiro atoms. The number of hydrogen-bond donors (Lipinski definition) is 0. The topological polar surface area (TPSA) is 0 Å². The summed E-state index contributed by atoms with van der Waals surface area (Å²) in [4.78, 5) is 0. The lowest BCUT2D eigenvalue weighted by atomic mass is 9.76. The highest BCUT2D eigenvalue weighted by Gasteiger charge is 2.23. The van der Waals surface area contributed by atoms with Crippen LogP contribution in [0.15, 0.2) is 36.5 Å². The molecule has 0 heterocycles. The molecular formula is C14H24. The van der Waals surface area contributed by atoms with Gasteiger partial charge in [0, 0.05) is 0 Å². The molecule has 14 heavy (non-hydrogen) atoms. The fraction of sp³-hybridized carbons (Fsp3) is 0.571. The fourth-order valence-electron chi connectivity index (χ4n) is 1.61. The summed E-state index contributed by atoms with van der Waals surface area (Å²) in [5.74, 6) is 0.582. The van der Waals surface area contributed by atoms with Crippen LogP contribution in [0, 0.1) is 11.3 Å². The summed E-state index contributed by atoms with van der Waals surface area (Å²) in [6.45, 7) is 14.9. The average Bonchev–Trinajstić information content (AvgIpc) is 2.12. The van der Waals surface area contributed by atoms with Crippen LogP contribution >= 0.6 is 0 Å². The van der Waals surface area contributed by atoms with Crippen LogP contribution in [0.5, 0.6) is 0 Å². The van der Waals surface area contributed by atoms with Crippen LogP contribution in [-0.2, 0) is 0 Å². The van der Waals surface area contributed by atoms with E-state index in [1.54, 1.807) is 0 Å². The highest BCUT2D eigenvalue weighted by atomic mass is 14.3. The van der Waals surface area contributed by atoms with Gasteiger partial charge in [-0.15, -0.1) is 6.58 Å². The van der Waals surface area contributed by atoms with Crippen LogP contribution in [0.2, 0.25) is 0 Å². The first-order valence-electron chi connectivity index (χ1n) is 5.37. The summed E-state index contributed by atoms with van der Waals surface area (Å²) in [6, 6.07) is 0. The van der Waals surface area contributed by atoms with Crippen molar-refractivity contribution in [2.24, 2.45) is 11.3 Å². The summed E-state index contributed by atoms with van der Waals surface area (Å²) < 4.78 is 0. The maximum Gasteiger partial charge on any atom is -0.0112 e. The Morgan fingerprint density at radius 3 is 2.43 bits per heavy atom. The van der Waals surface area contributed by atoms with E-state index in [0.717, 1.165) is 6.42 Å². The molecule has 80 valence electrons. The molecule has 1 atom stereocenters. The van der Waals surface area contributed by atoms with E-state index in [4.69, 9.17) is 0 Å². The lowest BCUT2D eigenvalue weighted by molar-refractivity contribution is 0.351. The van der Waals surface area contributed by atoms with Gasteiger partial charge >= 0.3 is 0 Å². The zero-order valence-electron chi connectivity index (χ0n) is 10.3. The normalized spacial score (nSPS) is 15.9. The monoisotopic (exact) mass is 192 g/mol. The van der Waals surface area contributed by atoms with Crippen LogP contribution < -0.4 is 0 Å². The minimum atomic E-state index is 0.247. The average molecular weight is 192 g/mol. The van der Waals surface area contributed by atoms with Gasteiger partial charge < -0.3 is 0 Å². The smallest absolute Gasteiger partial charge is 0.0112 e. The van der Waals surface area contributed by atoms with Crippen LogP contribution in [-0.4, -0.2) is 0 Å². The van der Waals surface area contributed by atoms with E-state index in [9.17, 15) is 0 Å². The maximum atomic E-state index is 3.73. The van der Waals surface area contributed by atoms with Crippen molar-refractivity contribution in [3.8, 4) is 0 Å². The van der Waals surface area contributed by atoms with Gasteiger partial charge in [0.05, 0.1) is 0 Å². The van der Waals surface area contributed by atoms with Crippen molar-refractivity contribution in [3.63, 3.8) is 0 Å². The van der Waals surface area contributed by atoms with Crippen molar-refractivity contribution in [2.45, 2.75) is 41.0 Å². The molecule has 0 aromatic heterocycles. The largest absolute Gasteiger partial charge is 0.103 e. The second-order valence-corrected chi connectivity index (χ2v) is 4.52. The van der Waals surface area contributed by atoms with Gasteiger partial charge in [0.2, 0.25) is 0 Å². The summed E-state index contributed by atoms with van der Waals surface area (Å²) in [5, 5.41) is 0. The van der Waals surface area contributed by atoms with Crippen LogP contribution in [0.3, 0.4) is 0 Å². The number of allylic oxidation sites excluding steroid dienone is 5. The highest BCUT2D eigenvalue weighted by molar-refractivity contribution is 5.12. The van der Waals surface area contributed by atoms with Gasteiger partial charge in [0.1, 0.15) is 0 Å². The molecule has 0 aliphatic rings.